The van der Waals surface area contributed by atoms with E-state index in [9.17, 15) is 14.7 Å². The van der Waals surface area contributed by atoms with Gasteiger partial charge in [-0.05, 0) is 35.2 Å². The molecule has 1 saturated heterocycles. The Balaban J connectivity index is 1.43. The average Bonchev–Trinajstić information content (AvgIpc) is 2.77. The second-order valence-corrected chi connectivity index (χ2v) is 7.21. The number of hydrogen-bond donors (Lipinski definition) is 2. The van der Waals surface area contributed by atoms with Crippen molar-refractivity contribution in [2.75, 3.05) is 18.0 Å². The highest BCUT2D eigenvalue weighted by atomic mass is 16.4. The summed E-state index contributed by atoms with van der Waals surface area (Å²) in [6, 6.07) is 12.2. The van der Waals surface area contributed by atoms with Crippen LogP contribution in [0.1, 0.15) is 24.4 Å². The second kappa shape index (κ2) is 8.26. The number of rotatable bonds is 5. The molecule has 2 heterocycles. The maximum Gasteiger partial charge on any atom is 0.330 e. The first-order valence-corrected chi connectivity index (χ1v) is 9.64. The third-order valence-corrected chi connectivity index (χ3v) is 5.38. The lowest BCUT2D eigenvalue weighted by molar-refractivity contribution is -0.142. The van der Waals surface area contributed by atoms with Gasteiger partial charge in [-0.25, -0.2) is 9.78 Å². The number of aliphatic carboxylic acids is 1. The van der Waals surface area contributed by atoms with Gasteiger partial charge in [-0.3, -0.25) is 9.78 Å². The molecule has 0 bridgehead atoms. The van der Waals surface area contributed by atoms with Gasteiger partial charge in [0.25, 0.3) is 0 Å². The van der Waals surface area contributed by atoms with Crippen LogP contribution in [0, 0.1) is 5.92 Å². The fraction of sp³-hybridized carbons (Fsp3) is 0.273. The smallest absolute Gasteiger partial charge is 0.330 e. The number of hydrogen-bond acceptors (Lipinski definition) is 5. The SMILES string of the molecule is O=C(NC(C(=O)O)c1ccc2ccccc2c1)C1CCN(c2cnccn2)CC1. The molecule has 1 fully saturated rings. The van der Waals surface area contributed by atoms with Crippen molar-refractivity contribution in [2.45, 2.75) is 18.9 Å². The van der Waals surface area contributed by atoms with Crippen molar-refractivity contribution in [3.63, 3.8) is 0 Å². The normalized spacial score (nSPS) is 15.8. The molecule has 1 atom stereocenters. The predicted molar refractivity (Wildman–Crippen MR) is 109 cm³/mol. The summed E-state index contributed by atoms with van der Waals surface area (Å²) in [5, 5.41) is 14.4. The Morgan fingerprint density at radius 2 is 1.83 bits per heavy atom. The lowest BCUT2D eigenvalue weighted by Crippen LogP contribution is -2.43. The zero-order chi connectivity index (χ0) is 20.2. The molecule has 1 aromatic heterocycles. The minimum absolute atomic E-state index is 0.217. The molecule has 3 aromatic rings. The van der Waals surface area contributed by atoms with E-state index in [1.54, 1.807) is 24.7 Å². The third kappa shape index (κ3) is 4.18. The molecule has 1 aliphatic heterocycles. The number of carbonyl (C=O) groups excluding carboxylic acids is 1. The Kier molecular flexibility index (Phi) is 5.37. The van der Waals surface area contributed by atoms with Gasteiger partial charge in [-0.1, -0.05) is 36.4 Å². The number of amides is 1. The maximum atomic E-state index is 12.8. The molecule has 4 rings (SSSR count). The minimum Gasteiger partial charge on any atom is -0.479 e. The fourth-order valence-electron chi connectivity index (χ4n) is 3.76. The summed E-state index contributed by atoms with van der Waals surface area (Å²) in [5.74, 6) is -0.703. The van der Waals surface area contributed by atoms with Crippen LogP contribution in [0.25, 0.3) is 10.8 Å². The number of carbonyl (C=O) groups is 2. The fourth-order valence-corrected chi connectivity index (χ4v) is 3.76. The molecule has 2 N–H and O–H groups in total. The number of fused-ring (bicyclic) bond motifs is 1. The number of piperidine rings is 1. The number of carboxylic acid groups (broad SMARTS) is 1. The van der Waals surface area contributed by atoms with Gasteiger partial charge in [0.1, 0.15) is 5.82 Å². The lowest BCUT2D eigenvalue weighted by atomic mass is 9.94. The number of carboxylic acids is 1. The molecule has 0 spiro atoms. The second-order valence-electron chi connectivity index (χ2n) is 7.21. The van der Waals surface area contributed by atoms with Gasteiger partial charge in [0.05, 0.1) is 6.20 Å². The van der Waals surface area contributed by atoms with Crippen LogP contribution in [0.4, 0.5) is 5.82 Å². The highest BCUT2D eigenvalue weighted by Gasteiger charge is 2.29. The minimum atomic E-state index is -1.06. The summed E-state index contributed by atoms with van der Waals surface area (Å²) in [6.07, 6.45) is 6.27. The van der Waals surface area contributed by atoms with Crippen LogP contribution in [-0.2, 0) is 9.59 Å². The summed E-state index contributed by atoms with van der Waals surface area (Å²) in [5.41, 5.74) is 0.571. The van der Waals surface area contributed by atoms with Gasteiger partial charge < -0.3 is 15.3 Å². The van der Waals surface area contributed by atoms with Gasteiger partial charge in [0.2, 0.25) is 5.91 Å². The first kappa shape index (κ1) is 18.9. The molecule has 7 heteroatoms. The predicted octanol–water partition coefficient (Wildman–Crippen LogP) is 2.79. The molecule has 148 valence electrons. The van der Waals surface area contributed by atoms with Crippen LogP contribution in [0.5, 0.6) is 0 Å². The van der Waals surface area contributed by atoms with Crippen molar-refractivity contribution in [3.05, 3.63) is 66.6 Å². The Bertz CT molecular complexity index is 1020. The first-order chi connectivity index (χ1) is 14.1. The van der Waals surface area contributed by atoms with E-state index in [1.165, 1.54) is 0 Å². The highest BCUT2D eigenvalue weighted by Crippen LogP contribution is 2.24. The molecular formula is C22H22N4O3. The van der Waals surface area contributed by atoms with Gasteiger partial charge in [0, 0.05) is 31.4 Å². The Morgan fingerprint density at radius 3 is 2.52 bits per heavy atom. The molecule has 0 aliphatic carbocycles. The number of nitrogens with one attached hydrogen (secondary N) is 1. The Morgan fingerprint density at radius 1 is 1.07 bits per heavy atom. The summed E-state index contributed by atoms with van der Waals surface area (Å²) in [6.45, 7) is 1.37. The summed E-state index contributed by atoms with van der Waals surface area (Å²) in [7, 11) is 0. The lowest BCUT2D eigenvalue weighted by Gasteiger charge is -2.32. The van der Waals surface area contributed by atoms with Gasteiger partial charge in [0.15, 0.2) is 6.04 Å². The average molecular weight is 390 g/mol. The van der Waals surface area contributed by atoms with E-state index < -0.39 is 12.0 Å². The van der Waals surface area contributed by atoms with Crippen LogP contribution in [0.15, 0.2) is 61.1 Å². The van der Waals surface area contributed by atoms with Crippen LogP contribution in [0.2, 0.25) is 0 Å². The Labute approximate surface area is 168 Å². The van der Waals surface area contributed by atoms with Gasteiger partial charge in [-0.2, -0.15) is 0 Å². The molecule has 29 heavy (non-hydrogen) atoms. The third-order valence-electron chi connectivity index (χ3n) is 5.38. The van der Waals surface area contributed by atoms with Crippen LogP contribution < -0.4 is 10.2 Å². The van der Waals surface area contributed by atoms with Crippen LogP contribution >= 0.6 is 0 Å². The zero-order valence-electron chi connectivity index (χ0n) is 15.9. The van der Waals surface area contributed by atoms with Crippen molar-refractivity contribution in [1.82, 2.24) is 15.3 Å². The zero-order valence-corrected chi connectivity index (χ0v) is 15.9. The van der Waals surface area contributed by atoms with Crippen molar-refractivity contribution < 1.29 is 14.7 Å². The Hall–Kier alpha value is -3.48. The van der Waals surface area contributed by atoms with E-state index in [4.69, 9.17) is 0 Å². The van der Waals surface area contributed by atoms with Crippen LogP contribution in [0.3, 0.4) is 0 Å². The summed E-state index contributed by atoms with van der Waals surface area (Å²) < 4.78 is 0. The van der Waals surface area contributed by atoms with Crippen molar-refractivity contribution in [1.29, 1.82) is 0 Å². The van der Waals surface area contributed by atoms with Crippen molar-refractivity contribution in [3.8, 4) is 0 Å². The standard InChI is InChI=1S/C22H22N4O3/c27-21(16-7-11-26(12-8-16)19-14-23-9-10-24-19)25-20(22(28)29)18-6-5-15-3-1-2-4-17(15)13-18/h1-6,9-10,13-14,16,20H,7-8,11-12H2,(H,25,27)(H,28,29). The van der Waals surface area contributed by atoms with Crippen molar-refractivity contribution in [2.24, 2.45) is 5.92 Å². The summed E-state index contributed by atoms with van der Waals surface area (Å²) in [4.78, 5) is 35.1. The monoisotopic (exact) mass is 390 g/mol. The molecule has 0 radical (unpaired) electrons. The molecule has 0 saturated carbocycles. The van der Waals surface area contributed by atoms with Crippen molar-refractivity contribution >= 4 is 28.5 Å². The number of anilines is 1. The largest absolute Gasteiger partial charge is 0.479 e. The number of nitrogens with zero attached hydrogens (tertiary/aromatic N) is 3. The quantitative estimate of drug-likeness (QED) is 0.696. The van der Waals surface area contributed by atoms with E-state index >= 15 is 0 Å². The topological polar surface area (TPSA) is 95.4 Å². The highest BCUT2D eigenvalue weighted by molar-refractivity contribution is 5.88. The molecule has 7 nitrogen and oxygen atoms in total. The van der Waals surface area contributed by atoms with E-state index in [0.717, 1.165) is 16.6 Å². The molecule has 2 aromatic carbocycles. The molecule has 1 unspecified atom stereocenters. The van der Waals surface area contributed by atoms with E-state index in [0.29, 0.717) is 31.5 Å². The number of aromatic nitrogens is 2. The van der Waals surface area contributed by atoms with Gasteiger partial charge in [-0.15, -0.1) is 0 Å². The summed E-state index contributed by atoms with van der Waals surface area (Å²) >= 11 is 0. The van der Waals surface area contributed by atoms with Gasteiger partial charge >= 0.3 is 5.97 Å². The molecule has 1 aliphatic rings. The van der Waals surface area contributed by atoms with E-state index in [-0.39, 0.29) is 11.8 Å². The number of benzene rings is 2. The first-order valence-electron chi connectivity index (χ1n) is 9.64. The maximum absolute atomic E-state index is 12.8. The van der Waals surface area contributed by atoms with E-state index in [1.807, 2.05) is 36.4 Å². The molecule has 1 amide bonds. The van der Waals surface area contributed by atoms with E-state index in [2.05, 4.69) is 20.2 Å². The molecular weight excluding hydrogens is 368 g/mol. The van der Waals surface area contributed by atoms with Crippen LogP contribution in [-0.4, -0.2) is 40.0 Å².